The van der Waals surface area contributed by atoms with Crippen molar-refractivity contribution < 1.29 is 14.3 Å². The number of rotatable bonds is 2. The van der Waals surface area contributed by atoms with E-state index in [-0.39, 0.29) is 11.4 Å². The number of anilines is 1. The van der Waals surface area contributed by atoms with Gasteiger partial charge in [-0.2, -0.15) is 5.10 Å². The molecule has 0 radical (unpaired) electrons. The van der Waals surface area contributed by atoms with Gasteiger partial charge < -0.3 is 14.4 Å². The fourth-order valence-electron chi connectivity index (χ4n) is 3.22. The first-order valence-electron chi connectivity index (χ1n) is 9.45. The van der Waals surface area contributed by atoms with Gasteiger partial charge in [0.1, 0.15) is 22.9 Å². The molecule has 152 valence electrons. The molecular formula is C21H30N4O3. The Morgan fingerprint density at radius 2 is 2.00 bits per heavy atom. The topological polar surface area (TPSA) is 68.6 Å². The van der Waals surface area contributed by atoms with Crippen LogP contribution in [0, 0.1) is 0 Å². The van der Waals surface area contributed by atoms with E-state index in [2.05, 4.69) is 31.2 Å². The smallest absolute Gasteiger partial charge is 0.323 e. The maximum absolute atomic E-state index is 13.0. The molecule has 7 nitrogen and oxygen atoms in total. The van der Waals surface area contributed by atoms with Gasteiger partial charge in [0.2, 0.25) is 0 Å². The first-order valence-corrected chi connectivity index (χ1v) is 9.45. The monoisotopic (exact) mass is 386 g/mol. The second kappa shape index (κ2) is 7.04. The van der Waals surface area contributed by atoms with E-state index in [9.17, 15) is 4.79 Å². The minimum atomic E-state index is -0.530. The molecule has 1 aliphatic heterocycles. The molecule has 2 aromatic rings. The van der Waals surface area contributed by atoms with Crippen LogP contribution in [0.2, 0.25) is 0 Å². The van der Waals surface area contributed by atoms with E-state index in [4.69, 9.17) is 9.47 Å². The van der Waals surface area contributed by atoms with E-state index < -0.39 is 5.60 Å². The zero-order valence-electron chi connectivity index (χ0n) is 17.8. The Morgan fingerprint density at radius 3 is 2.61 bits per heavy atom. The number of hydrogen-bond donors (Lipinski definition) is 1. The van der Waals surface area contributed by atoms with Gasteiger partial charge in [-0.15, -0.1) is 0 Å². The molecule has 7 heteroatoms. The lowest BCUT2D eigenvalue weighted by Gasteiger charge is -2.29. The van der Waals surface area contributed by atoms with Crippen molar-refractivity contribution in [2.24, 2.45) is 7.05 Å². The van der Waals surface area contributed by atoms with Crippen molar-refractivity contribution in [3.8, 4) is 11.5 Å². The van der Waals surface area contributed by atoms with Crippen LogP contribution in [-0.4, -0.2) is 40.0 Å². The SMILES string of the molecule is COc1ccc2c(c1)OC(C)(C)CN(C(=O)Nc1cc(C(C)(C)C)nn1C)C2. The van der Waals surface area contributed by atoms with Crippen molar-refractivity contribution in [1.82, 2.24) is 14.7 Å². The van der Waals surface area contributed by atoms with Crippen LogP contribution in [0.15, 0.2) is 24.3 Å². The summed E-state index contributed by atoms with van der Waals surface area (Å²) in [5.74, 6) is 2.15. The van der Waals surface area contributed by atoms with Gasteiger partial charge in [-0.3, -0.25) is 10.00 Å². The summed E-state index contributed by atoms with van der Waals surface area (Å²) in [4.78, 5) is 14.8. The summed E-state index contributed by atoms with van der Waals surface area (Å²) in [5, 5.41) is 7.53. The third-order valence-electron chi connectivity index (χ3n) is 4.76. The van der Waals surface area contributed by atoms with Gasteiger partial charge in [-0.1, -0.05) is 20.8 Å². The number of hydrogen-bond acceptors (Lipinski definition) is 4. The number of amides is 2. The maximum Gasteiger partial charge on any atom is 0.323 e. The molecule has 0 atom stereocenters. The third kappa shape index (κ3) is 4.24. The Bertz CT molecular complexity index is 880. The minimum Gasteiger partial charge on any atom is -0.497 e. The summed E-state index contributed by atoms with van der Waals surface area (Å²) in [6.07, 6.45) is 0. The highest BCUT2D eigenvalue weighted by atomic mass is 16.5. The summed E-state index contributed by atoms with van der Waals surface area (Å²) >= 11 is 0. The highest BCUT2D eigenvalue weighted by molar-refractivity contribution is 5.88. The van der Waals surface area contributed by atoms with Crippen molar-refractivity contribution in [3.05, 3.63) is 35.5 Å². The van der Waals surface area contributed by atoms with E-state index in [1.54, 1.807) is 16.7 Å². The van der Waals surface area contributed by atoms with Gasteiger partial charge in [0.15, 0.2) is 0 Å². The second-order valence-electron chi connectivity index (χ2n) is 8.91. The average molecular weight is 386 g/mol. The molecule has 0 fully saturated rings. The second-order valence-corrected chi connectivity index (χ2v) is 8.91. The van der Waals surface area contributed by atoms with Crippen LogP contribution in [0.5, 0.6) is 11.5 Å². The number of carbonyl (C=O) groups is 1. The summed E-state index contributed by atoms with van der Waals surface area (Å²) < 4.78 is 13.2. The third-order valence-corrected chi connectivity index (χ3v) is 4.76. The molecule has 1 aliphatic rings. The molecule has 0 spiro atoms. The van der Waals surface area contributed by atoms with Gasteiger partial charge in [0, 0.05) is 30.2 Å². The lowest BCUT2D eigenvalue weighted by Crippen LogP contribution is -2.45. The van der Waals surface area contributed by atoms with E-state index in [0.29, 0.717) is 18.9 Å². The molecule has 0 saturated heterocycles. The molecular weight excluding hydrogens is 356 g/mol. The Morgan fingerprint density at radius 1 is 1.29 bits per heavy atom. The minimum absolute atomic E-state index is 0.0861. The predicted molar refractivity (Wildman–Crippen MR) is 109 cm³/mol. The van der Waals surface area contributed by atoms with Crippen LogP contribution in [0.1, 0.15) is 45.9 Å². The molecule has 1 aromatic heterocycles. The van der Waals surface area contributed by atoms with Crippen LogP contribution in [0.3, 0.4) is 0 Å². The normalized spacial score (nSPS) is 16.0. The Labute approximate surface area is 166 Å². The number of aromatic nitrogens is 2. The van der Waals surface area contributed by atoms with Gasteiger partial charge >= 0.3 is 6.03 Å². The Hall–Kier alpha value is -2.70. The quantitative estimate of drug-likeness (QED) is 0.849. The number of ether oxygens (including phenoxy) is 2. The first-order chi connectivity index (χ1) is 13.0. The standard InChI is InChI=1S/C21H30N4O3/c1-20(2,3)17-11-18(24(6)23-17)22-19(26)25-12-14-8-9-15(27-7)10-16(14)28-21(4,5)13-25/h8-11H,12-13H2,1-7H3,(H,22,26). The summed E-state index contributed by atoms with van der Waals surface area (Å²) in [7, 11) is 3.46. The highest BCUT2D eigenvalue weighted by Gasteiger charge is 2.32. The Balaban J connectivity index is 1.84. The van der Waals surface area contributed by atoms with Crippen LogP contribution in [0.4, 0.5) is 10.6 Å². The van der Waals surface area contributed by atoms with Gasteiger partial charge in [0.25, 0.3) is 0 Å². The summed E-state index contributed by atoms with van der Waals surface area (Å²) in [5.41, 5.74) is 1.26. The predicted octanol–water partition coefficient (Wildman–Crippen LogP) is 3.93. The Kier molecular flexibility index (Phi) is 5.04. The summed E-state index contributed by atoms with van der Waals surface area (Å²) in [6, 6.07) is 7.44. The fourth-order valence-corrected chi connectivity index (χ4v) is 3.22. The lowest BCUT2D eigenvalue weighted by atomic mass is 9.92. The van der Waals surface area contributed by atoms with Crippen molar-refractivity contribution in [3.63, 3.8) is 0 Å². The molecule has 1 N–H and O–H groups in total. The van der Waals surface area contributed by atoms with Gasteiger partial charge in [-0.05, 0) is 26.0 Å². The van der Waals surface area contributed by atoms with Gasteiger partial charge in [0.05, 0.1) is 25.9 Å². The van der Waals surface area contributed by atoms with E-state index in [1.165, 1.54) is 0 Å². The van der Waals surface area contributed by atoms with Crippen molar-refractivity contribution >= 4 is 11.8 Å². The number of carbonyl (C=O) groups excluding carboxylic acids is 1. The molecule has 0 bridgehead atoms. The molecule has 2 heterocycles. The average Bonchev–Trinajstić information content (AvgIpc) is 2.89. The molecule has 0 aliphatic carbocycles. The molecule has 1 aromatic carbocycles. The number of benzene rings is 1. The molecule has 28 heavy (non-hydrogen) atoms. The van der Waals surface area contributed by atoms with E-state index in [0.717, 1.165) is 22.8 Å². The van der Waals surface area contributed by atoms with Crippen LogP contribution in [0.25, 0.3) is 0 Å². The van der Waals surface area contributed by atoms with Gasteiger partial charge in [-0.25, -0.2) is 4.79 Å². The first kappa shape index (κ1) is 20.0. The number of nitrogens with zero attached hydrogens (tertiary/aromatic N) is 3. The molecule has 0 unspecified atom stereocenters. The number of urea groups is 1. The maximum atomic E-state index is 13.0. The number of fused-ring (bicyclic) bond motifs is 1. The van der Waals surface area contributed by atoms with Crippen molar-refractivity contribution in [2.75, 3.05) is 19.0 Å². The van der Waals surface area contributed by atoms with Crippen molar-refractivity contribution in [1.29, 1.82) is 0 Å². The van der Waals surface area contributed by atoms with E-state index in [1.807, 2.05) is 45.2 Å². The van der Waals surface area contributed by atoms with Crippen LogP contribution >= 0.6 is 0 Å². The number of methoxy groups -OCH3 is 1. The number of aryl methyl sites for hydroxylation is 1. The summed E-state index contributed by atoms with van der Waals surface area (Å²) in [6.45, 7) is 11.2. The highest BCUT2D eigenvalue weighted by Crippen LogP contribution is 2.33. The molecule has 0 saturated carbocycles. The molecule has 2 amide bonds. The van der Waals surface area contributed by atoms with Crippen molar-refractivity contribution in [2.45, 2.75) is 52.2 Å². The van der Waals surface area contributed by atoms with Crippen LogP contribution < -0.4 is 14.8 Å². The fraction of sp³-hybridized carbons (Fsp3) is 0.524. The van der Waals surface area contributed by atoms with E-state index >= 15 is 0 Å². The van der Waals surface area contributed by atoms with Crippen LogP contribution in [-0.2, 0) is 19.0 Å². The lowest BCUT2D eigenvalue weighted by molar-refractivity contribution is 0.0832. The largest absolute Gasteiger partial charge is 0.497 e. The zero-order valence-corrected chi connectivity index (χ0v) is 17.8. The zero-order chi connectivity index (χ0) is 20.7. The molecule has 3 rings (SSSR count). The number of nitrogens with one attached hydrogen (secondary N) is 1.